The van der Waals surface area contributed by atoms with Crippen LogP contribution in [0.1, 0.15) is 25.0 Å². The first-order valence-electron chi connectivity index (χ1n) is 18.3. The summed E-state index contributed by atoms with van der Waals surface area (Å²) in [5.74, 6) is 0.720. The van der Waals surface area contributed by atoms with Crippen LogP contribution in [-0.4, -0.2) is 14.5 Å². The van der Waals surface area contributed by atoms with E-state index in [-0.39, 0.29) is 5.41 Å². The zero-order valence-corrected chi connectivity index (χ0v) is 31.4. The molecule has 9 aromatic rings. The van der Waals surface area contributed by atoms with Gasteiger partial charge in [-0.2, -0.15) is 0 Å². The van der Waals surface area contributed by atoms with Crippen molar-refractivity contribution in [2.45, 2.75) is 38.8 Å². The normalized spacial score (nSPS) is 13.7. The lowest BCUT2D eigenvalue weighted by Gasteiger charge is -2.28. The molecule has 0 unspecified atom stereocenters. The smallest absolute Gasteiger partial charge is 0.160 e. The summed E-state index contributed by atoms with van der Waals surface area (Å²) in [5.41, 5.74) is 13.8. The van der Waals surface area contributed by atoms with Gasteiger partial charge < -0.3 is 4.57 Å². The first kappa shape index (κ1) is 31.6. The van der Waals surface area contributed by atoms with Gasteiger partial charge >= 0.3 is 0 Å². The van der Waals surface area contributed by atoms with Crippen molar-refractivity contribution in [3.63, 3.8) is 0 Å². The van der Waals surface area contributed by atoms with E-state index in [0.29, 0.717) is 0 Å². The van der Waals surface area contributed by atoms with Gasteiger partial charge in [0, 0.05) is 58.1 Å². The predicted octanol–water partition coefficient (Wildman–Crippen LogP) is 13.5. The van der Waals surface area contributed by atoms with Crippen molar-refractivity contribution in [2.75, 3.05) is 0 Å². The quantitative estimate of drug-likeness (QED) is 0.181. The summed E-state index contributed by atoms with van der Waals surface area (Å²) in [7, 11) is 0. The summed E-state index contributed by atoms with van der Waals surface area (Å²) >= 11 is 3.83. The van der Waals surface area contributed by atoms with E-state index in [9.17, 15) is 0 Å². The molecule has 54 heavy (non-hydrogen) atoms. The Morgan fingerprint density at radius 3 is 1.81 bits per heavy atom. The molecule has 2 aromatic heterocycles. The van der Waals surface area contributed by atoms with Gasteiger partial charge in [-0.3, -0.25) is 0 Å². The second-order valence-electron chi connectivity index (χ2n) is 14.6. The van der Waals surface area contributed by atoms with E-state index in [1.165, 1.54) is 63.6 Å². The van der Waals surface area contributed by atoms with Crippen LogP contribution in [0.4, 0.5) is 0 Å². The van der Waals surface area contributed by atoms with E-state index < -0.39 is 0 Å². The Morgan fingerprint density at radius 2 is 1.07 bits per heavy atom. The van der Waals surface area contributed by atoms with Gasteiger partial charge in [-0.15, -0.1) is 0 Å². The van der Waals surface area contributed by atoms with Gasteiger partial charge in [0.2, 0.25) is 0 Å². The molecule has 1 aliphatic heterocycles. The number of hydrogen-bond donors (Lipinski definition) is 0. The molecule has 0 saturated carbocycles. The largest absolute Gasteiger partial charge is 0.309 e. The minimum Gasteiger partial charge on any atom is -0.309 e. The van der Waals surface area contributed by atoms with Gasteiger partial charge in [-0.05, 0) is 64.7 Å². The number of hydrogen-bond acceptors (Lipinski definition) is 4. The topological polar surface area (TPSA) is 30.7 Å². The highest BCUT2D eigenvalue weighted by Gasteiger charge is 2.42. The van der Waals surface area contributed by atoms with Crippen LogP contribution in [0.15, 0.2) is 183 Å². The van der Waals surface area contributed by atoms with Gasteiger partial charge in [0.15, 0.2) is 5.82 Å². The van der Waals surface area contributed by atoms with E-state index in [1.807, 2.05) is 47.8 Å². The first-order valence-corrected chi connectivity index (χ1v) is 20.0. The maximum atomic E-state index is 5.11. The molecule has 11 rings (SSSR count). The van der Waals surface area contributed by atoms with Crippen molar-refractivity contribution in [2.24, 2.45) is 0 Å². The van der Waals surface area contributed by atoms with Crippen LogP contribution in [0.25, 0.3) is 72.5 Å². The first-order chi connectivity index (χ1) is 26.5. The molecule has 0 radical (unpaired) electrons. The summed E-state index contributed by atoms with van der Waals surface area (Å²) in [6, 6.07) is 58.7. The van der Waals surface area contributed by atoms with Crippen molar-refractivity contribution < 1.29 is 0 Å². The molecule has 0 bridgehead atoms. The van der Waals surface area contributed by atoms with Crippen molar-refractivity contribution in [1.82, 2.24) is 14.5 Å². The number of para-hydroxylation sites is 1. The Bertz CT molecular complexity index is 2890. The Balaban J connectivity index is 1.08. The molecule has 0 N–H and O–H groups in total. The molecule has 0 saturated heterocycles. The number of benzene rings is 7. The number of nitrogens with zero attached hydrogens (tertiary/aromatic N) is 3. The Morgan fingerprint density at radius 1 is 0.481 bits per heavy atom. The number of rotatable bonds is 4. The highest BCUT2D eigenvalue weighted by Crippen LogP contribution is 2.60. The van der Waals surface area contributed by atoms with Crippen molar-refractivity contribution in [1.29, 1.82) is 0 Å². The van der Waals surface area contributed by atoms with E-state index in [4.69, 9.17) is 9.97 Å². The van der Waals surface area contributed by atoms with Crippen LogP contribution >= 0.6 is 23.5 Å². The van der Waals surface area contributed by atoms with E-state index in [1.54, 1.807) is 0 Å². The lowest BCUT2D eigenvalue weighted by Crippen LogP contribution is -2.18. The van der Waals surface area contributed by atoms with E-state index >= 15 is 0 Å². The van der Waals surface area contributed by atoms with Gasteiger partial charge in [0.1, 0.15) is 0 Å². The lowest BCUT2D eigenvalue weighted by atomic mass is 9.81. The fourth-order valence-corrected chi connectivity index (χ4v) is 11.1. The summed E-state index contributed by atoms with van der Waals surface area (Å²) in [5, 5.41) is 2.55. The molecule has 2 aliphatic rings. The Kier molecular flexibility index (Phi) is 7.07. The second kappa shape index (κ2) is 12.1. The molecule has 0 amide bonds. The summed E-state index contributed by atoms with van der Waals surface area (Å²) in [6.07, 6.45) is 0. The lowest BCUT2D eigenvalue weighted by molar-refractivity contribution is 0.645. The van der Waals surface area contributed by atoms with Crippen molar-refractivity contribution in [3.05, 3.63) is 175 Å². The fraction of sp³-hybridized carbons (Fsp3) is 0.0612. The van der Waals surface area contributed by atoms with Crippen LogP contribution in [-0.2, 0) is 5.41 Å². The summed E-state index contributed by atoms with van der Waals surface area (Å²) in [6.45, 7) is 4.86. The maximum absolute atomic E-state index is 5.11. The minimum absolute atomic E-state index is 0.218. The van der Waals surface area contributed by atoms with Crippen LogP contribution in [0.5, 0.6) is 0 Å². The molecule has 256 valence electrons. The molecule has 5 heteroatoms. The average molecular weight is 728 g/mol. The maximum Gasteiger partial charge on any atom is 0.160 e. The Hall–Kier alpha value is -5.88. The second-order valence-corrected chi connectivity index (χ2v) is 16.7. The number of aromatic nitrogens is 3. The zero-order chi connectivity index (χ0) is 36.0. The number of fused-ring (bicyclic) bond motifs is 10. The van der Waals surface area contributed by atoms with Gasteiger partial charge in [-0.1, -0.05) is 159 Å². The van der Waals surface area contributed by atoms with Crippen LogP contribution < -0.4 is 0 Å². The third-order valence-corrected chi connectivity index (χ3v) is 13.6. The van der Waals surface area contributed by atoms with Gasteiger partial charge in [0.25, 0.3) is 0 Å². The van der Waals surface area contributed by atoms with Crippen LogP contribution in [0, 0.1) is 0 Å². The molecule has 3 nitrogen and oxygen atoms in total. The predicted molar refractivity (Wildman–Crippen MR) is 225 cm³/mol. The van der Waals surface area contributed by atoms with Crippen molar-refractivity contribution in [3.8, 4) is 50.7 Å². The van der Waals surface area contributed by atoms with Crippen LogP contribution in [0.2, 0.25) is 0 Å². The zero-order valence-electron chi connectivity index (χ0n) is 29.7. The minimum atomic E-state index is -0.218. The summed E-state index contributed by atoms with van der Waals surface area (Å²) in [4.78, 5) is 15.5. The van der Waals surface area contributed by atoms with E-state index in [2.05, 4.69) is 158 Å². The molecular formula is C49H33N3S2. The average Bonchev–Trinajstić information content (AvgIpc) is 3.69. The standard InChI is InChI=1S/C49H33N3S2/c1-49(2)44-35(36-27-28-43-47(45(36)49)54-42-20-12-11-19-41(42)53-43)25-26-37-34-17-9-10-18-40(34)52(46(37)44)33-23-21-31(22-24-33)39-29-38(30-13-5-3-6-14-30)50-48(51-39)32-15-7-4-8-16-32/h3-29H,1-2H3. The molecule has 0 atom stereocenters. The van der Waals surface area contributed by atoms with Crippen molar-refractivity contribution >= 4 is 45.3 Å². The third kappa shape index (κ3) is 4.78. The highest BCUT2D eigenvalue weighted by atomic mass is 32.2. The molecule has 0 spiro atoms. The third-order valence-electron chi connectivity index (χ3n) is 11.0. The monoisotopic (exact) mass is 727 g/mol. The van der Waals surface area contributed by atoms with Crippen LogP contribution in [0.3, 0.4) is 0 Å². The van der Waals surface area contributed by atoms with Gasteiger partial charge in [-0.25, -0.2) is 9.97 Å². The van der Waals surface area contributed by atoms with E-state index in [0.717, 1.165) is 39.6 Å². The fourth-order valence-electron chi connectivity index (χ4n) is 8.59. The molecule has 0 fully saturated rings. The highest BCUT2D eigenvalue weighted by molar-refractivity contribution is 8.05. The molecular weight excluding hydrogens is 695 g/mol. The molecule has 7 aromatic carbocycles. The Labute approximate surface area is 322 Å². The molecule has 3 heterocycles. The SMILES string of the molecule is CC1(C)c2c(ccc3c2Sc2ccccc2S3)-c2ccc3c4ccccc4n(-c4ccc(-c5cc(-c6ccccc6)nc(-c6ccccc6)n5)cc4)c3c21. The molecule has 1 aliphatic carbocycles. The summed E-state index contributed by atoms with van der Waals surface area (Å²) < 4.78 is 2.50. The van der Waals surface area contributed by atoms with Gasteiger partial charge in [0.05, 0.1) is 22.4 Å².